The highest BCUT2D eigenvalue weighted by atomic mass is 35.5. The van der Waals surface area contributed by atoms with Crippen LogP contribution in [0.1, 0.15) is 27.9 Å². The predicted octanol–water partition coefficient (Wildman–Crippen LogP) is 3.15. The Bertz CT molecular complexity index is 390. The minimum absolute atomic E-state index is 0.0961. The maximum atomic E-state index is 12.1. The molecule has 1 amide bonds. The summed E-state index contributed by atoms with van der Waals surface area (Å²) in [6, 6.07) is 3.90. The van der Waals surface area contributed by atoms with Crippen molar-refractivity contribution >= 4 is 28.8 Å². The minimum Gasteiger partial charge on any atom is -0.336 e. The second kappa shape index (κ2) is 4.76. The molecule has 1 fully saturated rings. The highest BCUT2D eigenvalue weighted by Gasteiger charge is 2.28. The molecule has 16 heavy (non-hydrogen) atoms. The van der Waals surface area contributed by atoms with Gasteiger partial charge in [-0.1, -0.05) is 6.92 Å². The van der Waals surface area contributed by atoms with Gasteiger partial charge in [0.25, 0.3) is 5.91 Å². The zero-order valence-electron chi connectivity index (χ0n) is 9.57. The Balaban J connectivity index is 2.06. The number of carbonyl (C=O) groups is 1. The molecule has 2 unspecified atom stereocenters. The van der Waals surface area contributed by atoms with Crippen LogP contribution in [0.3, 0.4) is 0 Å². The summed E-state index contributed by atoms with van der Waals surface area (Å²) in [6.07, 6.45) is 1.00. The molecule has 2 atom stereocenters. The highest BCUT2D eigenvalue weighted by molar-refractivity contribution is 7.13. The van der Waals surface area contributed by atoms with Gasteiger partial charge in [0, 0.05) is 18.0 Å². The average Bonchev–Trinajstić information content (AvgIpc) is 2.68. The molecule has 2 rings (SSSR count). The van der Waals surface area contributed by atoms with Gasteiger partial charge in [0.1, 0.15) is 0 Å². The molecule has 1 aromatic rings. The van der Waals surface area contributed by atoms with E-state index in [2.05, 4.69) is 6.92 Å². The number of thiophene rings is 1. The third-order valence-corrected chi connectivity index (χ3v) is 4.66. The summed E-state index contributed by atoms with van der Waals surface area (Å²) in [5, 5.41) is 0.0961. The number of hydrogen-bond acceptors (Lipinski definition) is 2. The Morgan fingerprint density at radius 1 is 1.56 bits per heavy atom. The summed E-state index contributed by atoms with van der Waals surface area (Å²) < 4.78 is 0. The summed E-state index contributed by atoms with van der Waals surface area (Å²) in [6.45, 7) is 5.68. The van der Waals surface area contributed by atoms with Crippen molar-refractivity contribution in [2.45, 2.75) is 25.6 Å². The Kier molecular flexibility index (Phi) is 3.55. The first kappa shape index (κ1) is 11.9. The number of carbonyl (C=O) groups excluding carboxylic acids is 1. The monoisotopic (exact) mass is 257 g/mol. The first-order valence-electron chi connectivity index (χ1n) is 5.57. The second-order valence-corrected chi connectivity index (χ2v) is 6.29. The summed E-state index contributed by atoms with van der Waals surface area (Å²) in [5.41, 5.74) is 0. The number of nitrogens with zero attached hydrogens (tertiary/aromatic N) is 1. The molecule has 2 heterocycles. The molecule has 4 heteroatoms. The lowest BCUT2D eigenvalue weighted by Crippen LogP contribution is -2.43. The van der Waals surface area contributed by atoms with Crippen LogP contribution in [0.2, 0.25) is 0 Å². The van der Waals surface area contributed by atoms with Gasteiger partial charge in [-0.3, -0.25) is 4.79 Å². The normalized spacial score (nSPS) is 25.8. The lowest BCUT2D eigenvalue weighted by atomic mass is 9.98. The van der Waals surface area contributed by atoms with E-state index in [4.69, 9.17) is 11.6 Å². The van der Waals surface area contributed by atoms with E-state index in [0.717, 1.165) is 17.8 Å². The maximum Gasteiger partial charge on any atom is 0.263 e. The van der Waals surface area contributed by atoms with Gasteiger partial charge in [0.2, 0.25) is 0 Å². The van der Waals surface area contributed by atoms with Crippen molar-refractivity contribution in [1.82, 2.24) is 4.90 Å². The third kappa shape index (κ3) is 2.41. The molecule has 0 N–H and O–H groups in total. The minimum atomic E-state index is 0.0961. The van der Waals surface area contributed by atoms with Crippen molar-refractivity contribution in [1.29, 1.82) is 0 Å². The number of piperidine rings is 1. The van der Waals surface area contributed by atoms with Crippen LogP contribution in [-0.2, 0) is 0 Å². The molecule has 2 nitrogen and oxygen atoms in total. The van der Waals surface area contributed by atoms with Crippen molar-refractivity contribution < 1.29 is 4.79 Å². The van der Waals surface area contributed by atoms with Crippen molar-refractivity contribution in [3.8, 4) is 0 Å². The van der Waals surface area contributed by atoms with Gasteiger partial charge in [-0.05, 0) is 31.4 Å². The molecule has 1 saturated heterocycles. The first-order valence-corrected chi connectivity index (χ1v) is 6.83. The summed E-state index contributed by atoms with van der Waals surface area (Å²) in [5.74, 6) is 0.645. The van der Waals surface area contributed by atoms with E-state index < -0.39 is 0 Å². The smallest absolute Gasteiger partial charge is 0.263 e. The van der Waals surface area contributed by atoms with Crippen LogP contribution in [0.15, 0.2) is 12.1 Å². The van der Waals surface area contributed by atoms with Crippen molar-refractivity contribution in [3.63, 3.8) is 0 Å². The van der Waals surface area contributed by atoms with Crippen LogP contribution in [0.5, 0.6) is 0 Å². The zero-order chi connectivity index (χ0) is 11.7. The third-order valence-electron chi connectivity index (χ3n) is 3.10. The summed E-state index contributed by atoms with van der Waals surface area (Å²) in [7, 11) is 0. The number of halogens is 1. The van der Waals surface area contributed by atoms with Crippen LogP contribution < -0.4 is 0 Å². The summed E-state index contributed by atoms with van der Waals surface area (Å²) >= 11 is 7.77. The zero-order valence-corrected chi connectivity index (χ0v) is 11.1. The van der Waals surface area contributed by atoms with Gasteiger partial charge in [0.15, 0.2) is 0 Å². The fraction of sp³-hybridized carbons (Fsp3) is 0.583. The highest BCUT2D eigenvalue weighted by Crippen LogP contribution is 2.24. The molecule has 0 saturated carbocycles. The van der Waals surface area contributed by atoms with Crippen molar-refractivity contribution in [2.24, 2.45) is 5.92 Å². The first-order chi connectivity index (χ1) is 7.58. The van der Waals surface area contributed by atoms with Crippen molar-refractivity contribution in [2.75, 3.05) is 13.1 Å². The maximum absolute atomic E-state index is 12.1. The van der Waals surface area contributed by atoms with Crippen LogP contribution in [-0.4, -0.2) is 29.3 Å². The van der Waals surface area contributed by atoms with Crippen LogP contribution in [0.4, 0.5) is 0 Å². The van der Waals surface area contributed by atoms with Crippen molar-refractivity contribution in [3.05, 3.63) is 21.9 Å². The van der Waals surface area contributed by atoms with Gasteiger partial charge in [-0.25, -0.2) is 0 Å². The molecular weight excluding hydrogens is 242 g/mol. The fourth-order valence-electron chi connectivity index (χ4n) is 1.91. The van der Waals surface area contributed by atoms with Crippen LogP contribution >= 0.6 is 22.9 Å². The predicted molar refractivity (Wildman–Crippen MR) is 68.4 cm³/mol. The molecular formula is C12H16ClNOS. The number of hydrogen-bond donors (Lipinski definition) is 0. The molecule has 1 aliphatic heterocycles. The number of rotatable bonds is 1. The van der Waals surface area contributed by atoms with Gasteiger partial charge in [0.05, 0.1) is 10.3 Å². The van der Waals surface area contributed by atoms with Crippen LogP contribution in [0, 0.1) is 12.8 Å². The lowest BCUT2D eigenvalue weighted by molar-refractivity contribution is 0.0706. The van der Waals surface area contributed by atoms with Crippen LogP contribution in [0.25, 0.3) is 0 Å². The molecule has 0 aliphatic carbocycles. The molecule has 0 spiro atoms. The van der Waals surface area contributed by atoms with E-state index in [9.17, 15) is 4.79 Å². The quantitative estimate of drug-likeness (QED) is 0.708. The Morgan fingerprint density at radius 3 is 2.88 bits per heavy atom. The summed E-state index contributed by atoms with van der Waals surface area (Å²) in [4.78, 5) is 16.0. The largest absolute Gasteiger partial charge is 0.336 e. The molecule has 1 aromatic heterocycles. The Labute approximate surface area is 105 Å². The van der Waals surface area contributed by atoms with E-state index in [1.54, 1.807) is 11.3 Å². The number of likely N-dealkylation sites (tertiary alicyclic amines) is 1. The Morgan fingerprint density at radius 2 is 2.31 bits per heavy atom. The van der Waals surface area contributed by atoms with E-state index in [0.29, 0.717) is 12.5 Å². The Hall–Kier alpha value is -0.540. The molecule has 1 aliphatic rings. The molecule has 0 aromatic carbocycles. The average molecular weight is 258 g/mol. The van der Waals surface area contributed by atoms with E-state index >= 15 is 0 Å². The van der Waals surface area contributed by atoms with E-state index in [1.807, 2.05) is 24.0 Å². The molecule has 0 bridgehead atoms. The van der Waals surface area contributed by atoms with E-state index in [1.165, 1.54) is 4.88 Å². The van der Waals surface area contributed by atoms with Gasteiger partial charge < -0.3 is 4.90 Å². The number of alkyl halides is 1. The lowest BCUT2D eigenvalue weighted by Gasteiger charge is -2.33. The molecule has 0 radical (unpaired) electrons. The SMILES string of the molecule is Cc1ccc(C(=O)N2CCC(C)C(Cl)C2)s1. The van der Waals surface area contributed by atoms with Gasteiger partial charge >= 0.3 is 0 Å². The number of amides is 1. The number of aryl methyl sites for hydroxylation is 1. The van der Waals surface area contributed by atoms with E-state index in [-0.39, 0.29) is 11.3 Å². The topological polar surface area (TPSA) is 20.3 Å². The van der Waals surface area contributed by atoms with Gasteiger partial charge in [-0.2, -0.15) is 0 Å². The van der Waals surface area contributed by atoms with Gasteiger partial charge in [-0.15, -0.1) is 22.9 Å². The molecule has 88 valence electrons. The second-order valence-electron chi connectivity index (χ2n) is 4.44. The standard InChI is InChI=1S/C12H16ClNOS/c1-8-5-6-14(7-10(8)13)12(15)11-4-3-9(2)16-11/h3-4,8,10H,5-7H2,1-2H3. The fourth-order valence-corrected chi connectivity index (χ4v) is 3.04.